The first-order valence-electron chi connectivity index (χ1n) is 14.9. The van der Waals surface area contributed by atoms with E-state index >= 15 is 0 Å². The Morgan fingerprint density at radius 3 is 2.40 bits per heavy atom. The number of halogens is 1. The molecular weight excluding hydrogens is 628 g/mol. The van der Waals surface area contributed by atoms with Crippen molar-refractivity contribution in [1.82, 2.24) is 9.72 Å². The Hall–Kier alpha value is -5.23. The van der Waals surface area contributed by atoms with Gasteiger partial charge in [-0.15, -0.1) is 0 Å². The Morgan fingerprint density at radius 2 is 1.72 bits per heavy atom. The summed E-state index contributed by atoms with van der Waals surface area (Å²) in [6.07, 6.45) is 0.704. The highest BCUT2D eigenvalue weighted by atomic mass is 35.5. The van der Waals surface area contributed by atoms with Crippen molar-refractivity contribution >= 4 is 56.9 Å². The number of hydrogen-bond acceptors (Lipinski definition) is 10. The molecule has 13 heteroatoms. The second-order valence-electron chi connectivity index (χ2n) is 11.2. The Balaban J connectivity index is 1.41. The van der Waals surface area contributed by atoms with E-state index in [0.29, 0.717) is 68.6 Å². The Kier molecular flexibility index (Phi) is 8.69. The number of pyridine rings is 1. The lowest BCUT2D eigenvalue weighted by atomic mass is 10.0. The fourth-order valence-corrected chi connectivity index (χ4v) is 6.52. The summed E-state index contributed by atoms with van der Waals surface area (Å²) in [6.45, 7) is 2.43. The quantitative estimate of drug-likeness (QED) is 0.205. The minimum absolute atomic E-state index is 0.00513. The van der Waals surface area contributed by atoms with Gasteiger partial charge in [0.2, 0.25) is 17.5 Å². The molecule has 3 aromatic carbocycles. The molecule has 1 aliphatic rings. The van der Waals surface area contributed by atoms with E-state index in [1.807, 2.05) is 6.92 Å². The molecule has 0 radical (unpaired) electrons. The van der Waals surface area contributed by atoms with Crippen LogP contribution in [0.25, 0.3) is 27.5 Å². The van der Waals surface area contributed by atoms with E-state index in [-0.39, 0.29) is 29.5 Å². The molecule has 1 amide bonds. The molecule has 1 fully saturated rings. The molecule has 1 aliphatic heterocycles. The van der Waals surface area contributed by atoms with E-state index in [2.05, 4.69) is 10.5 Å². The van der Waals surface area contributed by atoms with Crippen LogP contribution in [0.2, 0.25) is 5.02 Å². The van der Waals surface area contributed by atoms with Gasteiger partial charge in [0.05, 0.1) is 45.4 Å². The highest BCUT2D eigenvalue weighted by Crippen LogP contribution is 2.40. The molecule has 47 heavy (non-hydrogen) atoms. The number of hydrogen-bond donors (Lipinski definition) is 1. The van der Waals surface area contributed by atoms with E-state index < -0.39 is 17.6 Å². The third kappa shape index (κ3) is 5.58. The number of benzene rings is 3. The van der Waals surface area contributed by atoms with Crippen molar-refractivity contribution in [3.05, 3.63) is 75.5 Å². The second-order valence-corrected chi connectivity index (χ2v) is 11.6. The number of fused-ring (bicyclic) bond motifs is 3. The Morgan fingerprint density at radius 1 is 1.00 bits per heavy atom. The third-order valence-electron chi connectivity index (χ3n) is 8.45. The molecule has 1 N–H and O–H groups in total. The summed E-state index contributed by atoms with van der Waals surface area (Å²) in [5.74, 6) is 0.642. The minimum atomic E-state index is -0.640. The number of amides is 1. The van der Waals surface area contributed by atoms with Crippen LogP contribution in [-0.4, -0.2) is 62.6 Å². The van der Waals surface area contributed by atoms with Crippen molar-refractivity contribution in [1.29, 1.82) is 0 Å². The van der Waals surface area contributed by atoms with Crippen LogP contribution >= 0.6 is 11.6 Å². The molecule has 5 aromatic rings. The predicted octanol–water partition coefficient (Wildman–Crippen LogP) is 5.38. The first-order valence-corrected chi connectivity index (χ1v) is 15.2. The Bertz CT molecular complexity index is 2050. The zero-order valence-corrected chi connectivity index (χ0v) is 27.2. The summed E-state index contributed by atoms with van der Waals surface area (Å²) in [5.41, 5.74) is 2.02. The summed E-state index contributed by atoms with van der Waals surface area (Å²) < 4.78 is 28.6. The van der Waals surface area contributed by atoms with Crippen LogP contribution in [0.4, 0.5) is 11.6 Å². The van der Waals surface area contributed by atoms with Crippen LogP contribution in [-0.2, 0) is 20.7 Å². The average Bonchev–Trinajstić information content (AvgIpc) is 3.68. The van der Waals surface area contributed by atoms with Crippen LogP contribution in [0.15, 0.2) is 63.9 Å². The zero-order chi connectivity index (χ0) is 33.4. The van der Waals surface area contributed by atoms with E-state index in [0.717, 1.165) is 0 Å². The molecule has 1 saturated heterocycles. The van der Waals surface area contributed by atoms with Crippen LogP contribution < -0.4 is 30.0 Å². The van der Waals surface area contributed by atoms with Crippen molar-refractivity contribution in [2.75, 3.05) is 45.2 Å². The monoisotopic (exact) mass is 660 g/mol. The number of aromatic nitrogens is 2. The van der Waals surface area contributed by atoms with E-state index in [4.69, 9.17) is 35.1 Å². The van der Waals surface area contributed by atoms with Gasteiger partial charge >= 0.3 is 5.97 Å². The number of rotatable bonds is 9. The number of esters is 1. The minimum Gasteiger partial charge on any atom is -0.493 e. The van der Waals surface area contributed by atoms with Gasteiger partial charge in [-0.2, -0.15) is 0 Å². The topological polar surface area (TPSA) is 134 Å². The molecular formula is C34H33ClN4O8. The smallest absolute Gasteiger partial charge is 0.328 e. The van der Waals surface area contributed by atoms with Gasteiger partial charge in [0.15, 0.2) is 11.5 Å². The molecule has 244 valence electrons. The largest absolute Gasteiger partial charge is 0.493 e. The van der Waals surface area contributed by atoms with Gasteiger partial charge in [0.25, 0.3) is 5.56 Å². The van der Waals surface area contributed by atoms with Gasteiger partial charge in [-0.05, 0) is 42.2 Å². The number of nitrogens with one attached hydrogen (secondary N) is 1. The summed E-state index contributed by atoms with van der Waals surface area (Å²) >= 11 is 6.72. The molecule has 0 spiro atoms. The summed E-state index contributed by atoms with van der Waals surface area (Å²) in [7, 11) is 5.83. The molecule has 12 nitrogen and oxygen atoms in total. The Labute approximate surface area is 274 Å². The standard InChI is InChI=1S/C34H33ClN4O8/c1-18-12-13-38(30(18)34(42)46-5)33-28-29(37-47-33)27-22(35)10-7-11-23(27)39(32(28)41)21-9-6-8-19(14-21)15-26(40)36-20-16-24(43-2)31(45-4)25(17-20)44-3/h6-11,14,16-18,30H,12-13,15H2,1-5H3,(H,36,40)/t18?,30-/m1/s1. The first kappa shape index (κ1) is 31.7. The highest BCUT2D eigenvalue weighted by Gasteiger charge is 2.41. The maximum atomic E-state index is 14.4. The van der Waals surface area contributed by atoms with Crippen LogP contribution in [0.3, 0.4) is 0 Å². The predicted molar refractivity (Wildman–Crippen MR) is 177 cm³/mol. The normalized spacial score (nSPS) is 16.0. The van der Waals surface area contributed by atoms with Crippen molar-refractivity contribution in [3.8, 4) is 22.9 Å². The fraction of sp³-hybridized carbons (Fsp3) is 0.294. The van der Waals surface area contributed by atoms with Gasteiger partial charge in [-0.1, -0.05) is 41.9 Å². The molecule has 3 heterocycles. The maximum Gasteiger partial charge on any atom is 0.328 e. The summed E-state index contributed by atoms with van der Waals surface area (Å²) in [4.78, 5) is 42.1. The number of anilines is 2. The van der Waals surface area contributed by atoms with E-state index in [1.54, 1.807) is 59.5 Å². The third-order valence-corrected chi connectivity index (χ3v) is 8.76. The van der Waals surface area contributed by atoms with Crippen molar-refractivity contribution in [3.63, 3.8) is 0 Å². The number of carbonyl (C=O) groups is 2. The van der Waals surface area contributed by atoms with Gasteiger partial charge in [0, 0.05) is 35.4 Å². The molecule has 1 unspecified atom stereocenters. The van der Waals surface area contributed by atoms with Crippen LogP contribution in [0, 0.1) is 5.92 Å². The number of ether oxygens (including phenoxy) is 4. The lowest BCUT2D eigenvalue weighted by Crippen LogP contribution is -2.40. The van der Waals surface area contributed by atoms with Gasteiger partial charge in [0.1, 0.15) is 16.9 Å². The van der Waals surface area contributed by atoms with Crippen molar-refractivity contribution < 1.29 is 33.1 Å². The lowest BCUT2D eigenvalue weighted by molar-refractivity contribution is -0.142. The van der Waals surface area contributed by atoms with E-state index in [9.17, 15) is 14.4 Å². The highest BCUT2D eigenvalue weighted by molar-refractivity contribution is 6.37. The fourth-order valence-electron chi connectivity index (χ4n) is 6.26. The second kappa shape index (κ2) is 12.9. The zero-order valence-electron chi connectivity index (χ0n) is 26.5. The first-order chi connectivity index (χ1) is 22.7. The SMILES string of the molecule is COC(=O)[C@H]1C(C)CCN1c1onc2c1c(=O)n(-c1cccc(CC(=O)Nc3cc(OC)c(OC)c(OC)c3)c1)c1cccc(Cl)c21. The van der Waals surface area contributed by atoms with Gasteiger partial charge in [-0.25, -0.2) is 4.79 Å². The lowest BCUT2D eigenvalue weighted by Gasteiger charge is -2.23. The maximum absolute atomic E-state index is 14.4. The summed E-state index contributed by atoms with van der Waals surface area (Å²) in [6, 6.07) is 15.0. The average molecular weight is 661 g/mol. The molecule has 0 aliphatic carbocycles. The number of methoxy groups -OCH3 is 4. The molecule has 0 saturated carbocycles. The van der Waals surface area contributed by atoms with Crippen LogP contribution in [0.5, 0.6) is 17.2 Å². The van der Waals surface area contributed by atoms with Crippen molar-refractivity contribution in [2.45, 2.75) is 25.8 Å². The summed E-state index contributed by atoms with van der Waals surface area (Å²) in [5, 5.41) is 8.24. The molecule has 0 bridgehead atoms. The van der Waals surface area contributed by atoms with Gasteiger partial charge in [-0.3, -0.25) is 14.2 Å². The molecule has 6 rings (SSSR count). The number of carbonyl (C=O) groups excluding carboxylic acids is 2. The van der Waals surface area contributed by atoms with Crippen molar-refractivity contribution in [2.24, 2.45) is 5.92 Å². The van der Waals surface area contributed by atoms with Gasteiger partial charge < -0.3 is 33.7 Å². The molecule has 2 aromatic heterocycles. The molecule has 2 atom stereocenters. The van der Waals surface area contributed by atoms with E-state index in [1.165, 1.54) is 33.0 Å². The van der Waals surface area contributed by atoms with Crippen LogP contribution in [0.1, 0.15) is 18.9 Å². The number of nitrogens with zero attached hydrogens (tertiary/aromatic N) is 3.